The van der Waals surface area contributed by atoms with Crippen LogP contribution in [0.1, 0.15) is 5.56 Å². The number of fused-ring (bicyclic) bond motifs is 1. The zero-order chi connectivity index (χ0) is 15.4. The molecule has 0 radical (unpaired) electrons. The number of carbonyl (C=O) groups is 1. The number of halogens is 1. The van der Waals surface area contributed by atoms with Crippen LogP contribution in [-0.4, -0.2) is 16.1 Å². The number of hydrogen-bond acceptors (Lipinski definition) is 4. The van der Waals surface area contributed by atoms with Crippen LogP contribution in [0, 0.1) is 0 Å². The van der Waals surface area contributed by atoms with Crippen LogP contribution in [0.3, 0.4) is 0 Å². The summed E-state index contributed by atoms with van der Waals surface area (Å²) in [6.45, 7) is 0.220. The molecule has 5 nitrogen and oxygen atoms in total. The van der Waals surface area contributed by atoms with Gasteiger partial charge in [-0.05, 0) is 33.6 Å². The van der Waals surface area contributed by atoms with Gasteiger partial charge in [-0.25, -0.2) is 4.79 Å². The fraction of sp³-hybridized carbons (Fsp3) is 0.0625. The molecule has 6 heteroatoms. The lowest BCUT2D eigenvalue weighted by molar-refractivity contribution is 0.155. The number of nitrogens with zero attached hydrogens (tertiary/aromatic N) is 2. The molecule has 1 N–H and O–H groups in total. The van der Waals surface area contributed by atoms with Gasteiger partial charge in [0.2, 0.25) is 0 Å². The van der Waals surface area contributed by atoms with Crippen molar-refractivity contribution in [3.8, 4) is 0 Å². The summed E-state index contributed by atoms with van der Waals surface area (Å²) < 4.78 is 5.87. The minimum absolute atomic E-state index is 0.220. The number of benzene rings is 2. The third-order valence-corrected chi connectivity index (χ3v) is 3.83. The van der Waals surface area contributed by atoms with E-state index in [-0.39, 0.29) is 6.61 Å². The van der Waals surface area contributed by atoms with Gasteiger partial charge in [0, 0.05) is 12.4 Å². The van der Waals surface area contributed by atoms with E-state index in [9.17, 15) is 4.79 Å². The maximum Gasteiger partial charge on any atom is 0.411 e. The van der Waals surface area contributed by atoms with E-state index in [1.165, 1.54) is 0 Å². The maximum atomic E-state index is 11.9. The first-order valence-corrected chi connectivity index (χ1v) is 7.40. The molecule has 2 aromatic carbocycles. The summed E-state index contributed by atoms with van der Waals surface area (Å²) in [4.78, 5) is 20.3. The molecule has 0 aliphatic heterocycles. The second-order valence-electron chi connectivity index (χ2n) is 4.54. The molecule has 110 valence electrons. The smallest absolute Gasteiger partial charge is 0.411 e. The Balaban J connectivity index is 1.70. The predicted molar refractivity (Wildman–Crippen MR) is 87.5 cm³/mol. The third kappa shape index (κ3) is 3.23. The Morgan fingerprint density at radius 1 is 1.09 bits per heavy atom. The van der Waals surface area contributed by atoms with Crippen LogP contribution in [0.5, 0.6) is 0 Å². The zero-order valence-electron chi connectivity index (χ0n) is 11.5. The minimum atomic E-state index is -0.521. The van der Waals surface area contributed by atoms with Crippen molar-refractivity contribution in [1.29, 1.82) is 0 Å². The van der Waals surface area contributed by atoms with Crippen molar-refractivity contribution < 1.29 is 9.53 Å². The van der Waals surface area contributed by atoms with Crippen molar-refractivity contribution in [1.82, 2.24) is 9.97 Å². The van der Waals surface area contributed by atoms with E-state index in [1.807, 2.05) is 30.3 Å². The van der Waals surface area contributed by atoms with Crippen LogP contribution in [0.4, 0.5) is 10.5 Å². The van der Waals surface area contributed by atoms with Gasteiger partial charge in [0.1, 0.15) is 12.1 Å². The highest BCUT2D eigenvalue weighted by molar-refractivity contribution is 9.10. The molecule has 3 aromatic rings. The standard InChI is InChI=1S/C16H12BrN3O2/c17-14-12(6-7-13-15(14)19-9-8-18-13)20-16(21)22-10-11-4-2-1-3-5-11/h1-9H,10H2,(H,20,21). The first kappa shape index (κ1) is 14.5. The summed E-state index contributed by atoms with van der Waals surface area (Å²) >= 11 is 3.43. The molecule has 0 aliphatic carbocycles. The quantitative estimate of drug-likeness (QED) is 0.764. The van der Waals surface area contributed by atoms with Gasteiger partial charge in [-0.2, -0.15) is 0 Å². The van der Waals surface area contributed by atoms with Crippen molar-refractivity contribution >= 4 is 38.7 Å². The van der Waals surface area contributed by atoms with Crippen LogP contribution in [0.15, 0.2) is 59.3 Å². The molecular weight excluding hydrogens is 346 g/mol. The van der Waals surface area contributed by atoms with Gasteiger partial charge in [0.25, 0.3) is 0 Å². The van der Waals surface area contributed by atoms with Crippen LogP contribution in [0.25, 0.3) is 11.0 Å². The maximum absolute atomic E-state index is 11.9. The summed E-state index contributed by atoms with van der Waals surface area (Å²) in [6.07, 6.45) is 2.70. The van der Waals surface area contributed by atoms with Crippen molar-refractivity contribution in [2.24, 2.45) is 0 Å². The molecule has 0 bridgehead atoms. The lowest BCUT2D eigenvalue weighted by atomic mass is 10.2. The Morgan fingerprint density at radius 2 is 1.86 bits per heavy atom. The third-order valence-electron chi connectivity index (χ3n) is 3.03. The van der Waals surface area contributed by atoms with Gasteiger partial charge in [0.05, 0.1) is 15.7 Å². The molecule has 0 saturated carbocycles. The lowest BCUT2D eigenvalue weighted by Gasteiger charge is -2.09. The van der Waals surface area contributed by atoms with Crippen LogP contribution in [0.2, 0.25) is 0 Å². The number of aromatic nitrogens is 2. The van der Waals surface area contributed by atoms with Crippen molar-refractivity contribution in [3.05, 3.63) is 64.9 Å². The highest BCUT2D eigenvalue weighted by atomic mass is 79.9. The van der Waals surface area contributed by atoms with Crippen LogP contribution in [-0.2, 0) is 11.3 Å². The molecule has 1 amide bonds. The minimum Gasteiger partial charge on any atom is -0.444 e. The summed E-state index contributed by atoms with van der Waals surface area (Å²) in [5.74, 6) is 0. The van der Waals surface area contributed by atoms with Gasteiger partial charge in [-0.1, -0.05) is 30.3 Å². The summed E-state index contributed by atoms with van der Waals surface area (Å²) in [5, 5.41) is 2.70. The van der Waals surface area contributed by atoms with Crippen molar-refractivity contribution in [2.75, 3.05) is 5.32 Å². The highest BCUT2D eigenvalue weighted by Crippen LogP contribution is 2.29. The van der Waals surface area contributed by atoms with Gasteiger partial charge < -0.3 is 4.74 Å². The van der Waals surface area contributed by atoms with E-state index in [0.717, 1.165) is 11.1 Å². The van der Waals surface area contributed by atoms with Crippen LogP contribution >= 0.6 is 15.9 Å². The fourth-order valence-corrected chi connectivity index (χ4v) is 2.51. The molecule has 0 saturated heterocycles. The number of anilines is 1. The van der Waals surface area contributed by atoms with Gasteiger partial charge in [-0.15, -0.1) is 0 Å². The summed E-state index contributed by atoms with van der Waals surface area (Å²) in [7, 11) is 0. The van der Waals surface area contributed by atoms with E-state index in [2.05, 4.69) is 31.2 Å². The Kier molecular flexibility index (Phi) is 4.29. The van der Waals surface area contributed by atoms with Crippen molar-refractivity contribution in [2.45, 2.75) is 6.61 Å². The van der Waals surface area contributed by atoms with Gasteiger partial charge in [0.15, 0.2) is 0 Å². The molecule has 3 rings (SSSR count). The molecular formula is C16H12BrN3O2. The Labute approximate surface area is 135 Å². The molecule has 0 unspecified atom stereocenters. The number of rotatable bonds is 3. The molecule has 1 aromatic heterocycles. The number of amides is 1. The Morgan fingerprint density at radius 3 is 2.68 bits per heavy atom. The predicted octanol–water partition coefficient (Wildman–Crippen LogP) is 4.14. The van der Waals surface area contributed by atoms with E-state index in [4.69, 9.17) is 4.74 Å². The second kappa shape index (κ2) is 6.53. The zero-order valence-corrected chi connectivity index (χ0v) is 13.1. The first-order chi connectivity index (χ1) is 10.7. The number of carbonyl (C=O) groups excluding carboxylic acids is 1. The first-order valence-electron chi connectivity index (χ1n) is 6.61. The topological polar surface area (TPSA) is 64.1 Å². The van der Waals surface area contributed by atoms with Gasteiger partial charge in [-0.3, -0.25) is 15.3 Å². The summed E-state index contributed by atoms with van der Waals surface area (Å²) in [6, 6.07) is 13.1. The Hall–Kier alpha value is -2.47. The molecule has 0 spiro atoms. The molecule has 1 heterocycles. The van der Waals surface area contributed by atoms with E-state index >= 15 is 0 Å². The second-order valence-corrected chi connectivity index (χ2v) is 5.33. The fourth-order valence-electron chi connectivity index (χ4n) is 1.97. The Bertz CT molecular complexity index is 809. The van der Waals surface area contributed by atoms with Crippen LogP contribution < -0.4 is 5.32 Å². The molecule has 0 fully saturated rings. The summed E-state index contributed by atoms with van der Waals surface area (Å²) in [5.41, 5.74) is 2.95. The van der Waals surface area contributed by atoms with E-state index in [1.54, 1.807) is 24.5 Å². The largest absolute Gasteiger partial charge is 0.444 e. The average molecular weight is 358 g/mol. The monoisotopic (exact) mass is 357 g/mol. The SMILES string of the molecule is O=C(Nc1ccc2nccnc2c1Br)OCc1ccccc1. The molecule has 0 aliphatic rings. The van der Waals surface area contributed by atoms with E-state index < -0.39 is 6.09 Å². The average Bonchev–Trinajstić information content (AvgIpc) is 2.57. The highest BCUT2D eigenvalue weighted by Gasteiger charge is 2.10. The lowest BCUT2D eigenvalue weighted by Crippen LogP contribution is -2.14. The number of ether oxygens (including phenoxy) is 1. The molecule has 0 atom stereocenters. The van der Waals surface area contributed by atoms with Crippen molar-refractivity contribution in [3.63, 3.8) is 0 Å². The normalized spacial score (nSPS) is 10.4. The van der Waals surface area contributed by atoms with E-state index in [0.29, 0.717) is 15.7 Å². The molecule has 22 heavy (non-hydrogen) atoms. The number of hydrogen-bond donors (Lipinski definition) is 1. The number of nitrogens with one attached hydrogen (secondary N) is 1. The van der Waals surface area contributed by atoms with Gasteiger partial charge >= 0.3 is 6.09 Å².